The molecule has 5 nitrogen and oxygen atoms in total. The first kappa shape index (κ1) is 9.27. The van der Waals surface area contributed by atoms with Gasteiger partial charge in [-0.3, -0.25) is 15.1 Å². The minimum Gasteiger partial charge on any atom is -0.387 e. The third kappa shape index (κ3) is 2.08. The van der Waals surface area contributed by atoms with Crippen LogP contribution in [0.4, 0.5) is 0 Å². The number of amidine groups is 1. The van der Waals surface area contributed by atoms with Crippen LogP contribution >= 0.6 is 24.0 Å². The minimum absolute atomic E-state index is 0.133. The Morgan fingerprint density at radius 3 is 3.00 bits per heavy atom. The van der Waals surface area contributed by atoms with E-state index in [-0.39, 0.29) is 5.84 Å². The summed E-state index contributed by atoms with van der Waals surface area (Å²) in [7, 11) is 1.81. The van der Waals surface area contributed by atoms with Gasteiger partial charge in [0.05, 0.1) is 5.75 Å². The first-order valence-electron chi connectivity index (χ1n) is 3.18. The van der Waals surface area contributed by atoms with Crippen molar-refractivity contribution >= 4 is 29.8 Å². The Balaban J connectivity index is 2.70. The van der Waals surface area contributed by atoms with Gasteiger partial charge in [0.15, 0.2) is 9.93 Å². The lowest BCUT2D eigenvalue weighted by Crippen LogP contribution is -2.12. The van der Waals surface area contributed by atoms with Crippen LogP contribution in [0.25, 0.3) is 0 Å². The minimum atomic E-state index is 0.133. The van der Waals surface area contributed by atoms with Crippen LogP contribution in [0.3, 0.4) is 0 Å². The molecule has 0 aromatic carbocycles. The molecular weight excluding hydrogens is 194 g/mol. The van der Waals surface area contributed by atoms with E-state index in [9.17, 15) is 0 Å². The maximum absolute atomic E-state index is 7.00. The summed E-state index contributed by atoms with van der Waals surface area (Å²) >= 11 is 6.28. The molecule has 0 atom stereocenters. The highest BCUT2D eigenvalue weighted by atomic mass is 32.2. The Morgan fingerprint density at radius 1 is 1.92 bits per heavy atom. The van der Waals surface area contributed by atoms with Crippen molar-refractivity contribution in [1.29, 1.82) is 5.41 Å². The summed E-state index contributed by atoms with van der Waals surface area (Å²) in [6.07, 6.45) is 0. The number of nitrogens with zero attached hydrogens (tertiary/aromatic N) is 2. The van der Waals surface area contributed by atoms with Gasteiger partial charge < -0.3 is 5.73 Å². The van der Waals surface area contributed by atoms with E-state index in [0.717, 1.165) is 5.16 Å². The topological polar surface area (TPSA) is 83.5 Å². The third-order valence-electron chi connectivity index (χ3n) is 1.20. The van der Waals surface area contributed by atoms with Crippen LogP contribution in [0.2, 0.25) is 0 Å². The van der Waals surface area contributed by atoms with E-state index < -0.39 is 0 Å². The van der Waals surface area contributed by atoms with Crippen LogP contribution in [-0.4, -0.2) is 26.4 Å². The molecule has 0 saturated heterocycles. The van der Waals surface area contributed by atoms with Gasteiger partial charge in [0.2, 0.25) is 0 Å². The molecule has 4 N–H and O–H groups in total. The van der Waals surface area contributed by atoms with Crippen molar-refractivity contribution < 1.29 is 0 Å². The van der Waals surface area contributed by atoms with Crippen molar-refractivity contribution in [3.63, 3.8) is 0 Å². The Morgan fingerprint density at radius 2 is 2.58 bits per heavy atom. The summed E-state index contributed by atoms with van der Waals surface area (Å²) in [6.45, 7) is 0. The molecule has 0 fully saturated rings. The Kier molecular flexibility index (Phi) is 2.88. The SMILES string of the molecule is Cn1c(SCC(=N)N)n[nH]c1=S. The number of nitrogens with one attached hydrogen (secondary N) is 2. The Bertz CT molecular complexity index is 338. The number of hydrogen-bond donors (Lipinski definition) is 3. The van der Waals surface area contributed by atoms with Crippen LogP contribution < -0.4 is 5.73 Å². The number of nitrogens with two attached hydrogens (primary N) is 1. The number of aromatic nitrogens is 3. The Hall–Kier alpha value is -0.820. The number of H-pyrrole nitrogens is 1. The van der Waals surface area contributed by atoms with E-state index in [1.54, 1.807) is 4.57 Å². The van der Waals surface area contributed by atoms with Gasteiger partial charge in [-0.1, -0.05) is 11.8 Å². The van der Waals surface area contributed by atoms with Crippen molar-refractivity contribution in [1.82, 2.24) is 14.8 Å². The summed E-state index contributed by atoms with van der Waals surface area (Å²) in [5.74, 6) is 0.571. The zero-order valence-corrected chi connectivity index (χ0v) is 8.13. The monoisotopic (exact) mass is 203 g/mol. The molecule has 1 rings (SSSR count). The molecule has 0 unspecified atom stereocenters. The molecule has 1 aromatic heterocycles. The molecule has 12 heavy (non-hydrogen) atoms. The quantitative estimate of drug-likeness (QED) is 0.289. The number of aromatic amines is 1. The molecule has 7 heteroatoms. The lowest BCUT2D eigenvalue weighted by molar-refractivity contribution is 0.781. The van der Waals surface area contributed by atoms with Gasteiger partial charge in [0.25, 0.3) is 0 Å². The molecule has 0 bridgehead atoms. The second-order valence-electron chi connectivity index (χ2n) is 2.18. The van der Waals surface area contributed by atoms with Gasteiger partial charge in [0, 0.05) is 7.05 Å². The summed E-state index contributed by atoms with van der Waals surface area (Å²) in [5, 5.41) is 14.3. The molecule has 1 heterocycles. The molecular formula is C5H9N5S2. The molecule has 1 aromatic rings. The van der Waals surface area contributed by atoms with Gasteiger partial charge in [-0.05, 0) is 12.2 Å². The van der Waals surface area contributed by atoms with Crippen LogP contribution in [0.15, 0.2) is 5.16 Å². The van der Waals surface area contributed by atoms with E-state index in [1.165, 1.54) is 11.8 Å². The Labute approximate surface area is 78.9 Å². The maximum atomic E-state index is 7.00. The zero-order valence-electron chi connectivity index (χ0n) is 6.50. The smallest absolute Gasteiger partial charge is 0.195 e. The number of thioether (sulfide) groups is 1. The van der Waals surface area contributed by atoms with Gasteiger partial charge in [-0.2, -0.15) is 0 Å². The number of rotatable bonds is 3. The van der Waals surface area contributed by atoms with Gasteiger partial charge in [-0.15, -0.1) is 5.10 Å². The van der Waals surface area contributed by atoms with E-state index in [0.29, 0.717) is 10.5 Å². The summed E-state index contributed by atoms with van der Waals surface area (Å²) in [6, 6.07) is 0. The highest BCUT2D eigenvalue weighted by Gasteiger charge is 2.02. The average molecular weight is 203 g/mol. The van der Waals surface area contributed by atoms with Crippen molar-refractivity contribution in [3.05, 3.63) is 4.77 Å². The standard InChI is InChI=1S/C5H9N5S2/c1-10-4(11)8-9-5(10)12-2-3(6)7/h2H2,1H3,(H3,6,7)(H,8,11). The number of hydrogen-bond acceptors (Lipinski definition) is 4. The van der Waals surface area contributed by atoms with Gasteiger partial charge >= 0.3 is 0 Å². The van der Waals surface area contributed by atoms with Gasteiger partial charge in [-0.25, -0.2) is 0 Å². The lowest BCUT2D eigenvalue weighted by atomic mass is 10.7. The lowest BCUT2D eigenvalue weighted by Gasteiger charge is -1.97. The highest BCUT2D eigenvalue weighted by molar-refractivity contribution is 7.99. The predicted molar refractivity (Wildman–Crippen MR) is 51.0 cm³/mol. The summed E-state index contributed by atoms with van der Waals surface area (Å²) < 4.78 is 2.31. The van der Waals surface area contributed by atoms with E-state index in [4.69, 9.17) is 23.4 Å². The summed E-state index contributed by atoms with van der Waals surface area (Å²) in [4.78, 5) is 0. The first-order valence-corrected chi connectivity index (χ1v) is 4.57. The van der Waals surface area contributed by atoms with Crippen LogP contribution in [0.1, 0.15) is 0 Å². The van der Waals surface area contributed by atoms with Crippen molar-refractivity contribution in [2.24, 2.45) is 12.8 Å². The molecule has 0 aliphatic rings. The van der Waals surface area contributed by atoms with E-state index in [1.807, 2.05) is 7.05 Å². The molecule has 0 aliphatic carbocycles. The maximum Gasteiger partial charge on any atom is 0.195 e. The molecule has 66 valence electrons. The highest BCUT2D eigenvalue weighted by Crippen LogP contribution is 2.12. The van der Waals surface area contributed by atoms with E-state index >= 15 is 0 Å². The zero-order chi connectivity index (χ0) is 9.14. The van der Waals surface area contributed by atoms with Crippen LogP contribution in [-0.2, 0) is 7.05 Å². The largest absolute Gasteiger partial charge is 0.387 e. The second kappa shape index (κ2) is 3.72. The van der Waals surface area contributed by atoms with Crippen molar-refractivity contribution in [2.75, 3.05) is 5.75 Å². The van der Waals surface area contributed by atoms with Crippen molar-refractivity contribution in [2.45, 2.75) is 5.16 Å². The molecule has 0 radical (unpaired) electrons. The summed E-state index contributed by atoms with van der Waals surface area (Å²) in [5.41, 5.74) is 5.19. The predicted octanol–water partition coefficient (Wildman–Crippen LogP) is 0.506. The molecule has 0 spiro atoms. The normalized spacial score (nSPS) is 10.1. The fourth-order valence-corrected chi connectivity index (χ4v) is 1.47. The first-order chi connectivity index (χ1) is 5.61. The second-order valence-corrected chi connectivity index (χ2v) is 3.51. The van der Waals surface area contributed by atoms with Gasteiger partial charge in [0.1, 0.15) is 5.84 Å². The van der Waals surface area contributed by atoms with E-state index in [2.05, 4.69) is 10.2 Å². The third-order valence-corrected chi connectivity index (χ3v) is 2.64. The fourth-order valence-electron chi connectivity index (χ4n) is 0.604. The van der Waals surface area contributed by atoms with Crippen molar-refractivity contribution in [3.8, 4) is 0 Å². The molecule has 0 saturated carbocycles. The molecule has 0 amide bonds. The van der Waals surface area contributed by atoms with Crippen LogP contribution in [0, 0.1) is 10.2 Å². The molecule has 0 aliphatic heterocycles. The fraction of sp³-hybridized carbons (Fsp3) is 0.400. The van der Waals surface area contributed by atoms with Crippen LogP contribution in [0.5, 0.6) is 0 Å². The average Bonchev–Trinajstić information content (AvgIpc) is 2.30.